The fourth-order valence-corrected chi connectivity index (χ4v) is 6.42. The predicted octanol–water partition coefficient (Wildman–Crippen LogP) is 7.27. The van der Waals surface area contributed by atoms with Crippen LogP contribution in [0.5, 0.6) is 0 Å². The normalized spacial score (nSPS) is 15.6. The third-order valence-corrected chi connectivity index (χ3v) is 9.20. The van der Waals surface area contributed by atoms with Crippen LogP contribution in [0.4, 0.5) is 5.88 Å². The Balaban J connectivity index is 1.51. The van der Waals surface area contributed by atoms with Gasteiger partial charge >= 0.3 is 0 Å². The fourth-order valence-electron chi connectivity index (χ4n) is 4.87. The molecule has 6 nitrogen and oxygen atoms in total. The van der Waals surface area contributed by atoms with Gasteiger partial charge in [0.15, 0.2) is 0 Å². The third-order valence-electron chi connectivity index (χ3n) is 6.99. The lowest BCUT2D eigenvalue weighted by molar-refractivity contribution is 0.213. The Labute approximate surface area is 233 Å². The first kappa shape index (κ1) is 26.7. The van der Waals surface area contributed by atoms with Crippen molar-refractivity contribution < 1.29 is 12.8 Å². The van der Waals surface area contributed by atoms with Gasteiger partial charge in [-0.05, 0) is 74.8 Å². The summed E-state index contributed by atoms with van der Waals surface area (Å²) in [7, 11) is -3.92. The summed E-state index contributed by atoms with van der Waals surface area (Å²) in [4.78, 5) is 7.17. The van der Waals surface area contributed by atoms with Gasteiger partial charge in [0, 0.05) is 16.6 Å². The van der Waals surface area contributed by atoms with Crippen molar-refractivity contribution in [3.63, 3.8) is 0 Å². The second-order valence-electron chi connectivity index (χ2n) is 9.73. The maximum atomic E-state index is 13.7. The van der Waals surface area contributed by atoms with Crippen LogP contribution in [0.3, 0.4) is 0 Å². The van der Waals surface area contributed by atoms with Crippen molar-refractivity contribution in [2.24, 2.45) is 0 Å². The summed E-state index contributed by atoms with van der Waals surface area (Å²) in [5.41, 5.74) is 3.13. The second-order valence-corrected chi connectivity index (χ2v) is 12.5. The lowest BCUT2D eigenvalue weighted by Gasteiger charge is -2.31. The van der Waals surface area contributed by atoms with E-state index in [0.717, 1.165) is 36.0 Å². The van der Waals surface area contributed by atoms with Crippen LogP contribution in [0, 0.1) is 6.92 Å². The first-order chi connectivity index (χ1) is 18.4. The van der Waals surface area contributed by atoms with Crippen molar-refractivity contribution in [2.45, 2.75) is 48.6 Å². The van der Waals surface area contributed by atoms with E-state index in [1.807, 2.05) is 30.3 Å². The van der Waals surface area contributed by atoms with Crippen LogP contribution < -0.4 is 5.32 Å². The average molecular weight is 595 g/mol. The van der Waals surface area contributed by atoms with E-state index in [1.165, 1.54) is 24.0 Å². The average Bonchev–Trinajstić information content (AvgIpc) is 3.19. The Bertz CT molecular complexity index is 1450. The number of sulfone groups is 1. The standard InChI is InChI=1S/C30H32BrN3O3S/c1-22-11-13-23(14-12-22)27(34-19-7-2-3-8-20-34)21-32-29-30(33-28(37-29)24-9-5-4-6-10-24)38(35,36)26-17-15-25(31)16-18-26/h4-6,9-18,27,32H,2-3,7-8,19-21H2,1H3. The van der Waals surface area contributed by atoms with Crippen LogP contribution in [0.15, 0.2) is 97.7 Å². The number of rotatable bonds is 8. The minimum absolute atomic E-state index is 0.0715. The van der Waals surface area contributed by atoms with Gasteiger partial charge in [-0.15, -0.1) is 0 Å². The number of nitrogens with zero attached hydrogens (tertiary/aromatic N) is 2. The van der Waals surface area contributed by atoms with E-state index in [4.69, 9.17) is 4.42 Å². The third kappa shape index (κ3) is 6.03. The van der Waals surface area contributed by atoms with E-state index in [1.54, 1.807) is 24.3 Å². The zero-order valence-electron chi connectivity index (χ0n) is 21.4. The molecule has 5 rings (SSSR count). The van der Waals surface area contributed by atoms with E-state index < -0.39 is 9.84 Å². The summed E-state index contributed by atoms with van der Waals surface area (Å²) in [6.45, 7) is 4.60. The smallest absolute Gasteiger partial charge is 0.233 e. The maximum absolute atomic E-state index is 13.7. The van der Waals surface area contributed by atoms with Crippen LogP contribution in [-0.4, -0.2) is 37.9 Å². The molecule has 1 fully saturated rings. The molecule has 0 spiro atoms. The molecule has 0 bridgehead atoms. The maximum Gasteiger partial charge on any atom is 0.233 e. The molecule has 1 aliphatic rings. The summed E-state index contributed by atoms with van der Waals surface area (Å²) < 4.78 is 34.4. The Morgan fingerprint density at radius 1 is 0.921 bits per heavy atom. The van der Waals surface area contributed by atoms with Crippen LogP contribution in [-0.2, 0) is 9.84 Å². The lowest BCUT2D eigenvalue weighted by Crippen LogP contribution is -2.34. The Hall–Kier alpha value is -2.94. The molecule has 198 valence electrons. The highest BCUT2D eigenvalue weighted by atomic mass is 79.9. The number of halogens is 1. The van der Waals surface area contributed by atoms with Crippen LogP contribution in [0.25, 0.3) is 11.5 Å². The molecule has 1 N–H and O–H groups in total. The summed E-state index contributed by atoms with van der Waals surface area (Å²) in [6.07, 6.45) is 4.80. The van der Waals surface area contributed by atoms with E-state index in [2.05, 4.69) is 62.3 Å². The number of anilines is 1. The van der Waals surface area contributed by atoms with Crippen molar-refractivity contribution in [1.82, 2.24) is 9.88 Å². The molecule has 0 saturated carbocycles. The molecule has 3 aromatic carbocycles. The molecule has 38 heavy (non-hydrogen) atoms. The number of aromatic nitrogens is 1. The lowest BCUT2D eigenvalue weighted by atomic mass is 10.0. The summed E-state index contributed by atoms with van der Waals surface area (Å²) in [5.74, 6) is 0.434. The minimum atomic E-state index is -3.92. The van der Waals surface area contributed by atoms with E-state index in [0.29, 0.717) is 6.54 Å². The zero-order chi connectivity index (χ0) is 26.5. The minimum Gasteiger partial charge on any atom is -0.419 e. The van der Waals surface area contributed by atoms with Crippen molar-refractivity contribution in [3.8, 4) is 11.5 Å². The number of hydrogen-bond donors (Lipinski definition) is 1. The van der Waals surface area contributed by atoms with Crippen LogP contribution >= 0.6 is 15.9 Å². The van der Waals surface area contributed by atoms with E-state index in [-0.39, 0.29) is 27.7 Å². The number of nitrogens with one attached hydrogen (secondary N) is 1. The summed E-state index contributed by atoms with van der Waals surface area (Å²) in [6, 6.07) is 24.6. The largest absolute Gasteiger partial charge is 0.419 e. The van der Waals surface area contributed by atoms with Crippen molar-refractivity contribution >= 4 is 31.7 Å². The SMILES string of the molecule is Cc1ccc(C(CNc2oc(-c3ccccc3)nc2S(=O)(=O)c2ccc(Br)cc2)N2CCCCCC2)cc1. The van der Waals surface area contributed by atoms with Gasteiger partial charge in [0.25, 0.3) is 0 Å². The molecule has 0 radical (unpaired) electrons. The quantitative estimate of drug-likeness (QED) is 0.231. The first-order valence-electron chi connectivity index (χ1n) is 13.0. The van der Waals surface area contributed by atoms with Crippen LogP contribution in [0.1, 0.15) is 42.9 Å². The van der Waals surface area contributed by atoms with Gasteiger partial charge in [-0.1, -0.05) is 76.8 Å². The highest BCUT2D eigenvalue weighted by molar-refractivity contribution is 9.10. The number of aryl methyl sites for hydroxylation is 1. The Kier molecular flexibility index (Phi) is 8.31. The topological polar surface area (TPSA) is 75.4 Å². The first-order valence-corrected chi connectivity index (χ1v) is 15.3. The monoisotopic (exact) mass is 593 g/mol. The molecule has 0 aliphatic carbocycles. The number of hydrogen-bond acceptors (Lipinski definition) is 6. The Morgan fingerprint density at radius 3 is 2.24 bits per heavy atom. The van der Waals surface area contributed by atoms with Crippen molar-refractivity contribution in [3.05, 3.63) is 94.5 Å². The molecule has 1 atom stereocenters. The van der Waals surface area contributed by atoms with Crippen molar-refractivity contribution in [2.75, 3.05) is 25.0 Å². The molecule has 1 saturated heterocycles. The number of oxazole rings is 1. The molecule has 2 heterocycles. The molecule has 4 aromatic rings. The molecule has 0 amide bonds. The molecule has 8 heteroatoms. The fraction of sp³-hybridized carbons (Fsp3) is 0.300. The van der Waals surface area contributed by atoms with E-state index in [9.17, 15) is 8.42 Å². The van der Waals surface area contributed by atoms with Crippen LogP contribution in [0.2, 0.25) is 0 Å². The van der Waals surface area contributed by atoms with Gasteiger partial charge in [0.2, 0.25) is 26.6 Å². The van der Waals surface area contributed by atoms with Gasteiger partial charge in [0.05, 0.1) is 10.9 Å². The van der Waals surface area contributed by atoms with E-state index >= 15 is 0 Å². The summed E-state index contributed by atoms with van der Waals surface area (Å²) in [5, 5.41) is 3.26. The van der Waals surface area contributed by atoms with Crippen molar-refractivity contribution in [1.29, 1.82) is 0 Å². The van der Waals surface area contributed by atoms with Gasteiger partial charge in [0.1, 0.15) is 0 Å². The molecular formula is C30H32BrN3O3S. The second kappa shape index (κ2) is 11.8. The molecular weight excluding hydrogens is 562 g/mol. The van der Waals surface area contributed by atoms with Gasteiger partial charge in [-0.2, -0.15) is 4.98 Å². The van der Waals surface area contributed by atoms with Gasteiger partial charge in [-0.3, -0.25) is 4.90 Å². The molecule has 1 aromatic heterocycles. The van der Waals surface area contributed by atoms with Gasteiger partial charge in [-0.25, -0.2) is 8.42 Å². The zero-order valence-corrected chi connectivity index (χ0v) is 23.8. The molecule has 1 aliphatic heterocycles. The highest BCUT2D eigenvalue weighted by Crippen LogP contribution is 2.34. The Morgan fingerprint density at radius 2 is 1.58 bits per heavy atom. The summed E-state index contributed by atoms with van der Waals surface area (Å²) >= 11 is 3.38. The number of benzene rings is 3. The highest BCUT2D eigenvalue weighted by Gasteiger charge is 2.30. The predicted molar refractivity (Wildman–Crippen MR) is 154 cm³/mol. The molecule has 1 unspecified atom stereocenters. The van der Waals surface area contributed by atoms with Gasteiger partial charge < -0.3 is 9.73 Å². The number of likely N-dealkylation sites (tertiary alicyclic amines) is 1.